The Hall–Kier alpha value is -1.97. The molecule has 4 heteroatoms. The van der Waals surface area contributed by atoms with E-state index in [1.54, 1.807) is 13.2 Å². The molecule has 0 aliphatic rings. The van der Waals surface area contributed by atoms with E-state index in [9.17, 15) is 4.39 Å². The van der Waals surface area contributed by atoms with Gasteiger partial charge in [-0.05, 0) is 41.7 Å². The number of nitrogens with zero attached hydrogens (tertiary/aromatic N) is 1. The van der Waals surface area contributed by atoms with Crippen molar-refractivity contribution in [3.8, 4) is 11.3 Å². The zero-order valence-corrected chi connectivity index (χ0v) is 16.5. The van der Waals surface area contributed by atoms with E-state index in [1.807, 2.05) is 0 Å². The first-order valence-corrected chi connectivity index (χ1v) is 8.98. The summed E-state index contributed by atoms with van der Waals surface area (Å²) in [5, 5.41) is 1.09. The Bertz CT molecular complexity index is 976. The number of rotatable bonds is 3. The number of halogens is 2. The third-order valence-corrected chi connectivity index (χ3v) is 5.05. The van der Waals surface area contributed by atoms with Crippen LogP contribution in [0.4, 0.5) is 4.39 Å². The summed E-state index contributed by atoms with van der Waals surface area (Å²) in [7, 11) is 1.62. The van der Waals surface area contributed by atoms with Gasteiger partial charge in [0.1, 0.15) is 5.82 Å². The standard InChI is InChI=1S/C22H23ClFNO/c1-13-10-14(22(2,3)4)6-8-16(13)21-18(12-26-5)20(23)17-11-15(24)7-9-19(17)25-21/h6-11H,12H2,1-5H3. The largest absolute Gasteiger partial charge is 0.380 e. The zero-order chi connectivity index (χ0) is 19.1. The van der Waals surface area contributed by atoms with Gasteiger partial charge in [0, 0.05) is 23.6 Å². The van der Waals surface area contributed by atoms with Gasteiger partial charge < -0.3 is 4.74 Å². The first-order valence-electron chi connectivity index (χ1n) is 8.60. The molecule has 1 aromatic heterocycles. The maximum absolute atomic E-state index is 13.7. The van der Waals surface area contributed by atoms with Crippen molar-refractivity contribution >= 4 is 22.5 Å². The number of fused-ring (bicyclic) bond motifs is 1. The number of hydrogen-bond acceptors (Lipinski definition) is 2. The molecule has 2 nitrogen and oxygen atoms in total. The van der Waals surface area contributed by atoms with Crippen molar-refractivity contribution in [1.29, 1.82) is 0 Å². The molecule has 0 fully saturated rings. The molecule has 3 rings (SSSR count). The van der Waals surface area contributed by atoms with E-state index in [2.05, 4.69) is 45.9 Å². The predicted octanol–water partition coefficient (Wildman–Crippen LogP) is 6.45. The van der Waals surface area contributed by atoms with Gasteiger partial charge in [-0.2, -0.15) is 0 Å². The van der Waals surface area contributed by atoms with Gasteiger partial charge in [0.05, 0.1) is 22.8 Å². The summed E-state index contributed by atoms with van der Waals surface area (Å²) in [6.45, 7) is 8.96. The van der Waals surface area contributed by atoms with Crippen LogP contribution in [-0.2, 0) is 16.8 Å². The SMILES string of the molecule is COCc1c(-c2ccc(C(C)(C)C)cc2C)nc2ccc(F)cc2c1Cl. The van der Waals surface area contributed by atoms with Gasteiger partial charge in [-0.25, -0.2) is 9.37 Å². The number of methoxy groups -OCH3 is 1. The van der Waals surface area contributed by atoms with Gasteiger partial charge in [-0.15, -0.1) is 0 Å². The summed E-state index contributed by atoms with van der Waals surface area (Å²) >= 11 is 6.62. The zero-order valence-electron chi connectivity index (χ0n) is 15.8. The van der Waals surface area contributed by atoms with E-state index in [1.165, 1.54) is 17.7 Å². The summed E-state index contributed by atoms with van der Waals surface area (Å²) in [5.74, 6) is -0.331. The highest BCUT2D eigenvalue weighted by molar-refractivity contribution is 6.36. The number of hydrogen-bond donors (Lipinski definition) is 0. The number of aryl methyl sites for hydroxylation is 1. The van der Waals surface area contributed by atoms with Crippen molar-refractivity contribution in [1.82, 2.24) is 4.98 Å². The normalized spacial score (nSPS) is 12.0. The van der Waals surface area contributed by atoms with Gasteiger partial charge >= 0.3 is 0 Å². The molecule has 0 saturated carbocycles. The molecule has 0 radical (unpaired) electrons. The van der Waals surface area contributed by atoms with Crippen molar-refractivity contribution in [2.24, 2.45) is 0 Å². The molecule has 0 atom stereocenters. The molecule has 0 spiro atoms. The molecule has 0 amide bonds. The number of benzene rings is 2. The third-order valence-electron chi connectivity index (χ3n) is 4.61. The van der Waals surface area contributed by atoms with Crippen LogP contribution in [0.25, 0.3) is 22.2 Å². The molecule has 26 heavy (non-hydrogen) atoms. The summed E-state index contributed by atoms with van der Waals surface area (Å²) in [6, 6.07) is 10.9. The number of aromatic nitrogens is 1. The maximum Gasteiger partial charge on any atom is 0.124 e. The van der Waals surface area contributed by atoms with Crippen molar-refractivity contribution < 1.29 is 9.13 Å². The maximum atomic E-state index is 13.7. The highest BCUT2D eigenvalue weighted by atomic mass is 35.5. The van der Waals surface area contributed by atoms with Crippen molar-refractivity contribution in [2.45, 2.75) is 39.7 Å². The second kappa shape index (κ2) is 6.98. The van der Waals surface area contributed by atoms with Crippen LogP contribution in [0.5, 0.6) is 0 Å². The molecule has 2 aromatic carbocycles. The monoisotopic (exact) mass is 371 g/mol. The Kier molecular flexibility index (Phi) is 5.05. The van der Waals surface area contributed by atoms with Crippen LogP contribution >= 0.6 is 11.6 Å². The molecular formula is C22H23ClFNO. The van der Waals surface area contributed by atoms with Crippen molar-refractivity contribution in [3.63, 3.8) is 0 Å². The van der Waals surface area contributed by atoms with Crippen LogP contribution in [0.1, 0.15) is 37.5 Å². The van der Waals surface area contributed by atoms with Crippen LogP contribution < -0.4 is 0 Å². The lowest BCUT2D eigenvalue weighted by molar-refractivity contribution is 0.185. The second-order valence-corrected chi connectivity index (χ2v) is 8.01. The first kappa shape index (κ1) is 18.8. The highest BCUT2D eigenvalue weighted by Gasteiger charge is 2.19. The summed E-state index contributed by atoms with van der Waals surface area (Å²) in [4.78, 5) is 4.79. The van der Waals surface area contributed by atoms with Crippen LogP contribution in [-0.4, -0.2) is 12.1 Å². The van der Waals surface area contributed by atoms with E-state index < -0.39 is 0 Å². The molecule has 136 valence electrons. The van der Waals surface area contributed by atoms with Gasteiger partial charge in [0.15, 0.2) is 0 Å². The summed E-state index contributed by atoms with van der Waals surface area (Å²) in [5.41, 5.74) is 5.71. The van der Waals surface area contributed by atoms with Gasteiger partial charge in [0.2, 0.25) is 0 Å². The van der Waals surface area contributed by atoms with Crippen molar-refractivity contribution in [3.05, 3.63) is 63.9 Å². The smallest absolute Gasteiger partial charge is 0.124 e. The minimum absolute atomic E-state index is 0.0740. The molecule has 0 bridgehead atoms. The average molecular weight is 372 g/mol. The van der Waals surface area contributed by atoms with Crippen molar-refractivity contribution in [2.75, 3.05) is 7.11 Å². The molecular weight excluding hydrogens is 349 g/mol. The third kappa shape index (κ3) is 3.46. The van der Waals surface area contributed by atoms with Gasteiger partial charge in [-0.1, -0.05) is 50.6 Å². The molecule has 0 saturated heterocycles. The summed E-state index contributed by atoms with van der Waals surface area (Å²) < 4.78 is 19.0. The van der Waals surface area contributed by atoms with Crippen LogP contribution in [0, 0.1) is 12.7 Å². The first-order chi connectivity index (χ1) is 12.2. The second-order valence-electron chi connectivity index (χ2n) is 7.63. The quantitative estimate of drug-likeness (QED) is 0.528. The minimum Gasteiger partial charge on any atom is -0.380 e. The van der Waals surface area contributed by atoms with E-state index >= 15 is 0 Å². The predicted molar refractivity (Wildman–Crippen MR) is 106 cm³/mol. The number of pyridine rings is 1. The highest BCUT2D eigenvalue weighted by Crippen LogP contribution is 2.36. The Labute approximate surface area is 159 Å². The van der Waals surface area contributed by atoms with E-state index in [4.69, 9.17) is 21.3 Å². The Morgan fingerprint density at radius 2 is 1.85 bits per heavy atom. The number of ether oxygens (including phenoxy) is 1. The van der Waals surface area contributed by atoms with Gasteiger partial charge in [0.25, 0.3) is 0 Å². The Morgan fingerprint density at radius 1 is 1.12 bits per heavy atom. The van der Waals surface area contributed by atoms with E-state index in [0.29, 0.717) is 22.5 Å². The Balaban J connectivity index is 2.27. The van der Waals surface area contributed by atoms with Gasteiger partial charge in [-0.3, -0.25) is 0 Å². The molecule has 0 aliphatic carbocycles. The molecule has 0 unspecified atom stereocenters. The topological polar surface area (TPSA) is 22.1 Å². The fourth-order valence-electron chi connectivity index (χ4n) is 3.13. The molecule has 3 aromatic rings. The lowest BCUT2D eigenvalue weighted by Crippen LogP contribution is -2.11. The van der Waals surface area contributed by atoms with Crippen LogP contribution in [0.15, 0.2) is 36.4 Å². The fourth-order valence-corrected chi connectivity index (χ4v) is 3.43. The lowest BCUT2D eigenvalue weighted by atomic mass is 9.84. The lowest BCUT2D eigenvalue weighted by Gasteiger charge is -2.21. The Morgan fingerprint density at radius 3 is 2.46 bits per heavy atom. The fraction of sp³-hybridized carbons (Fsp3) is 0.318. The molecule has 0 aliphatic heterocycles. The molecule has 1 heterocycles. The molecule has 0 N–H and O–H groups in total. The van der Waals surface area contributed by atoms with Crippen LogP contribution in [0.2, 0.25) is 5.02 Å². The minimum atomic E-state index is -0.331. The summed E-state index contributed by atoms with van der Waals surface area (Å²) in [6.07, 6.45) is 0. The van der Waals surface area contributed by atoms with Crippen LogP contribution in [0.3, 0.4) is 0 Å². The average Bonchev–Trinajstić information content (AvgIpc) is 2.57. The van der Waals surface area contributed by atoms with E-state index in [-0.39, 0.29) is 11.2 Å². The van der Waals surface area contributed by atoms with E-state index in [0.717, 1.165) is 22.4 Å².